The zero-order valence-corrected chi connectivity index (χ0v) is 18.6. The lowest BCUT2D eigenvalue weighted by molar-refractivity contribution is -0.109. The van der Waals surface area contributed by atoms with Gasteiger partial charge in [-0.15, -0.1) is 0 Å². The van der Waals surface area contributed by atoms with Gasteiger partial charge in [0.2, 0.25) is 5.88 Å². The van der Waals surface area contributed by atoms with Crippen LogP contribution in [0.2, 0.25) is 0 Å². The van der Waals surface area contributed by atoms with Gasteiger partial charge in [0, 0.05) is 17.0 Å². The fourth-order valence-corrected chi connectivity index (χ4v) is 4.04. The average Bonchev–Trinajstić information content (AvgIpc) is 3.02. The van der Waals surface area contributed by atoms with Crippen LogP contribution in [0.25, 0.3) is 23.4 Å². The van der Waals surface area contributed by atoms with Crippen molar-refractivity contribution in [3.63, 3.8) is 0 Å². The van der Waals surface area contributed by atoms with Gasteiger partial charge >= 0.3 is 5.97 Å². The molecule has 1 heterocycles. The summed E-state index contributed by atoms with van der Waals surface area (Å²) in [6, 6.07) is 13.4. The molecule has 0 saturated carbocycles. The van der Waals surface area contributed by atoms with Crippen molar-refractivity contribution in [1.29, 1.82) is 0 Å². The van der Waals surface area contributed by atoms with Crippen molar-refractivity contribution in [2.75, 3.05) is 6.61 Å². The Hall–Kier alpha value is -3.86. The Morgan fingerprint density at radius 2 is 1.81 bits per heavy atom. The number of rotatable bonds is 4. The minimum atomic E-state index is -0.540. The van der Waals surface area contributed by atoms with Gasteiger partial charge < -0.3 is 9.84 Å². The SMILES string of the molecule is CCOC(=O)c1c(C=C2C(=O)C=Cc3ccccc32)c(O)n(-c2ccc(C)c(C)c2)c1C. The number of carbonyl (C=O) groups is 2. The van der Waals surface area contributed by atoms with Gasteiger partial charge in [-0.05, 0) is 74.2 Å². The van der Waals surface area contributed by atoms with Crippen LogP contribution < -0.4 is 0 Å². The molecule has 5 nitrogen and oxygen atoms in total. The van der Waals surface area contributed by atoms with Crippen molar-refractivity contribution in [3.8, 4) is 11.6 Å². The van der Waals surface area contributed by atoms with Crippen molar-refractivity contribution in [2.24, 2.45) is 0 Å². The molecule has 0 unspecified atom stereocenters. The highest BCUT2D eigenvalue weighted by molar-refractivity contribution is 6.33. The van der Waals surface area contributed by atoms with E-state index >= 15 is 0 Å². The van der Waals surface area contributed by atoms with Gasteiger partial charge in [-0.2, -0.15) is 0 Å². The van der Waals surface area contributed by atoms with E-state index in [1.807, 2.05) is 56.3 Å². The number of aryl methyl sites for hydroxylation is 2. The predicted molar refractivity (Wildman–Crippen MR) is 126 cm³/mol. The second-order valence-corrected chi connectivity index (χ2v) is 7.86. The molecule has 0 radical (unpaired) electrons. The molecule has 2 aromatic carbocycles. The summed E-state index contributed by atoms with van der Waals surface area (Å²) < 4.78 is 6.92. The van der Waals surface area contributed by atoms with Crippen LogP contribution in [0.4, 0.5) is 0 Å². The van der Waals surface area contributed by atoms with Crippen LogP contribution in [0.1, 0.15) is 50.8 Å². The smallest absolute Gasteiger partial charge is 0.340 e. The van der Waals surface area contributed by atoms with Crippen LogP contribution >= 0.6 is 0 Å². The van der Waals surface area contributed by atoms with Crippen LogP contribution in [0.3, 0.4) is 0 Å². The van der Waals surface area contributed by atoms with Gasteiger partial charge in [0.15, 0.2) is 5.78 Å². The molecule has 3 aromatic rings. The normalized spacial score (nSPS) is 14.0. The quantitative estimate of drug-likeness (QED) is 0.446. The maximum absolute atomic E-state index is 12.9. The van der Waals surface area contributed by atoms with E-state index in [0.29, 0.717) is 11.3 Å². The van der Waals surface area contributed by atoms with Gasteiger partial charge in [-0.1, -0.05) is 36.4 Å². The number of benzene rings is 2. The molecule has 0 amide bonds. The van der Waals surface area contributed by atoms with E-state index in [-0.39, 0.29) is 29.4 Å². The van der Waals surface area contributed by atoms with E-state index < -0.39 is 5.97 Å². The molecule has 0 bridgehead atoms. The van der Waals surface area contributed by atoms with E-state index in [1.165, 1.54) is 6.08 Å². The van der Waals surface area contributed by atoms with Crippen molar-refractivity contribution in [1.82, 2.24) is 4.57 Å². The maximum Gasteiger partial charge on any atom is 0.340 e. The lowest BCUT2D eigenvalue weighted by atomic mass is 9.90. The Morgan fingerprint density at radius 3 is 2.53 bits per heavy atom. The van der Waals surface area contributed by atoms with Crippen LogP contribution in [-0.4, -0.2) is 28.0 Å². The van der Waals surface area contributed by atoms with E-state index in [2.05, 4.69) is 0 Å². The fraction of sp³-hybridized carbons (Fsp3) is 0.185. The van der Waals surface area contributed by atoms with Crippen LogP contribution in [0, 0.1) is 20.8 Å². The first-order valence-corrected chi connectivity index (χ1v) is 10.6. The molecular formula is C27H25NO4. The Bertz CT molecular complexity index is 1310. The standard InChI is InChI=1S/C27H25NO4/c1-5-32-27(31)25-18(4)28(20-12-10-16(2)17(3)14-20)26(30)23(25)15-22-21-9-7-6-8-19(21)11-13-24(22)29/h6-15,30H,5H2,1-4H3. The first-order valence-electron chi connectivity index (χ1n) is 10.6. The maximum atomic E-state index is 12.9. The summed E-state index contributed by atoms with van der Waals surface area (Å²) in [7, 11) is 0. The van der Waals surface area contributed by atoms with Crippen molar-refractivity contribution >= 4 is 29.5 Å². The lowest BCUT2D eigenvalue weighted by Crippen LogP contribution is -2.09. The number of fused-ring (bicyclic) bond motifs is 1. The summed E-state index contributed by atoms with van der Waals surface area (Å²) in [6.45, 7) is 7.71. The molecule has 5 heteroatoms. The Labute approximate surface area is 187 Å². The molecule has 162 valence electrons. The molecule has 1 aliphatic rings. The molecule has 32 heavy (non-hydrogen) atoms. The first-order chi connectivity index (χ1) is 15.3. The number of hydrogen-bond donors (Lipinski definition) is 1. The summed E-state index contributed by atoms with van der Waals surface area (Å²) in [6.07, 6.45) is 4.87. The highest BCUT2D eigenvalue weighted by atomic mass is 16.5. The Kier molecular flexibility index (Phi) is 5.57. The zero-order chi connectivity index (χ0) is 23.0. The predicted octanol–water partition coefficient (Wildman–Crippen LogP) is 5.42. The molecule has 0 aliphatic heterocycles. The Balaban J connectivity index is 1.98. The second-order valence-electron chi connectivity index (χ2n) is 7.86. The van der Waals surface area contributed by atoms with Gasteiger partial charge in [0.1, 0.15) is 0 Å². The molecule has 4 rings (SSSR count). The largest absolute Gasteiger partial charge is 0.494 e. The number of ether oxygens (including phenoxy) is 1. The number of ketones is 1. The molecule has 1 N–H and O–H groups in total. The third kappa shape index (κ3) is 3.56. The van der Waals surface area contributed by atoms with Crippen LogP contribution in [-0.2, 0) is 9.53 Å². The highest BCUT2D eigenvalue weighted by Crippen LogP contribution is 2.37. The number of carbonyl (C=O) groups excluding carboxylic acids is 2. The number of allylic oxidation sites excluding steroid dienone is 2. The summed E-state index contributed by atoms with van der Waals surface area (Å²) in [4.78, 5) is 25.7. The summed E-state index contributed by atoms with van der Waals surface area (Å²) >= 11 is 0. The van der Waals surface area contributed by atoms with E-state index in [4.69, 9.17) is 4.74 Å². The molecule has 1 aromatic heterocycles. The van der Waals surface area contributed by atoms with Gasteiger partial charge in [-0.3, -0.25) is 9.36 Å². The van der Waals surface area contributed by atoms with Crippen molar-refractivity contribution in [3.05, 3.63) is 87.6 Å². The average molecular weight is 428 g/mol. The highest BCUT2D eigenvalue weighted by Gasteiger charge is 2.28. The van der Waals surface area contributed by atoms with E-state index in [9.17, 15) is 14.7 Å². The second kappa shape index (κ2) is 8.35. The fourth-order valence-electron chi connectivity index (χ4n) is 4.04. The van der Waals surface area contributed by atoms with Gasteiger partial charge in [0.05, 0.1) is 17.7 Å². The Morgan fingerprint density at radius 1 is 1.06 bits per heavy atom. The molecule has 0 atom stereocenters. The third-order valence-electron chi connectivity index (χ3n) is 5.87. The minimum absolute atomic E-state index is 0.110. The van der Waals surface area contributed by atoms with Crippen LogP contribution in [0.5, 0.6) is 5.88 Å². The van der Waals surface area contributed by atoms with Gasteiger partial charge in [-0.25, -0.2) is 4.79 Å². The monoisotopic (exact) mass is 427 g/mol. The van der Waals surface area contributed by atoms with E-state index in [0.717, 1.165) is 27.9 Å². The number of aromatic nitrogens is 1. The zero-order valence-electron chi connectivity index (χ0n) is 18.6. The lowest BCUT2D eigenvalue weighted by Gasteiger charge is -2.13. The number of hydrogen-bond acceptors (Lipinski definition) is 4. The van der Waals surface area contributed by atoms with Crippen LogP contribution in [0.15, 0.2) is 48.5 Å². The summed E-state index contributed by atoms with van der Waals surface area (Å²) in [5, 5.41) is 11.3. The topological polar surface area (TPSA) is 68.5 Å². The molecule has 1 aliphatic carbocycles. The number of esters is 1. The molecular weight excluding hydrogens is 402 g/mol. The summed E-state index contributed by atoms with van der Waals surface area (Å²) in [5.41, 5.74) is 6.06. The van der Waals surface area contributed by atoms with Crippen molar-refractivity contribution in [2.45, 2.75) is 27.7 Å². The molecule has 0 fully saturated rings. The first kappa shape index (κ1) is 21.4. The van der Waals surface area contributed by atoms with Gasteiger partial charge in [0.25, 0.3) is 0 Å². The number of nitrogens with zero attached hydrogens (tertiary/aromatic N) is 1. The van der Waals surface area contributed by atoms with Crippen molar-refractivity contribution < 1.29 is 19.4 Å². The summed E-state index contributed by atoms with van der Waals surface area (Å²) in [5.74, 6) is -0.836. The molecule has 0 spiro atoms. The molecule has 0 saturated heterocycles. The number of aromatic hydroxyl groups is 1. The third-order valence-corrected chi connectivity index (χ3v) is 5.87. The van der Waals surface area contributed by atoms with E-state index in [1.54, 1.807) is 30.6 Å². The minimum Gasteiger partial charge on any atom is -0.494 e.